The van der Waals surface area contributed by atoms with E-state index in [2.05, 4.69) is 37.6 Å². The highest BCUT2D eigenvalue weighted by molar-refractivity contribution is 5.84. The van der Waals surface area contributed by atoms with Gasteiger partial charge in [0.25, 0.3) is 0 Å². The number of carbonyl (C=O) groups is 1. The standard InChI is InChI=1S/C25H31F3N2O3/c1-24(2,3)19-9-7-18(8-10-19)22-29(4)21(14-16-31)23(32)30(22)15-13-17-5-11-20(12-6-17)33-25(26,27)28/h5-12,21-22,31H,13-16H2,1-4H3/t21-,22?/m0/s1. The Balaban J connectivity index is 1.79. The maximum absolute atomic E-state index is 13.2. The molecule has 0 aliphatic carbocycles. The van der Waals surface area contributed by atoms with E-state index in [1.54, 1.807) is 17.0 Å². The molecule has 33 heavy (non-hydrogen) atoms. The van der Waals surface area contributed by atoms with E-state index in [4.69, 9.17) is 0 Å². The van der Waals surface area contributed by atoms with Gasteiger partial charge in [0.05, 0.1) is 6.04 Å². The summed E-state index contributed by atoms with van der Waals surface area (Å²) in [5.74, 6) is -0.337. The van der Waals surface area contributed by atoms with Crippen molar-refractivity contribution in [2.45, 2.75) is 57.6 Å². The van der Waals surface area contributed by atoms with Crippen LogP contribution < -0.4 is 4.74 Å². The van der Waals surface area contributed by atoms with Gasteiger partial charge in [-0.25, -0.2) is 0 Å². The lowest BCUT2D eigenvalue weighted by molar-refractivity contribution is -0.274. The molecule has 0 spiro atoms. The fourth-order valence-electron chi connectivity index (χ4n) is 4.24. The first kappa shape index (κ1) is 25.1. The lowest BCUT2D eigenvalue weighted by Crippen LogP contribution is -2.33. The second-order valence-corrected chi connectivity index (χ2v) is 9.41. The molecule has 0 aromatic heterocycles. The lowest BCUT2D eigenvalue weighted by Gasteiger charge is -2.30. The molecule has 0 radical (unpaired) electrons. The third-order valence-corrected chi connectivity index (χ3v) is 6.02. The van der Waals surface area contributed by atoms with E-state index < -0.39 is 12.4 Å². The largest absolute Gasteiger partial charge is 0.573 e. The predicted octanol–water partition coefficient (Wildman–Crippen LogP) is 4.65. The Bertz CT molecular complexity index is 937. The minimum Gasteiger partial charge on any atom is -0.406 e. The minimum absolute atomic E-state index is 0.0109. The molecule has 1 N–H and O–H groups in total. The molecule has 1 unspecified atom stereocenters. The Morgan fingerprint density at radius 1 is 1.00 bits per heavy atom. The second-order valence-electron chi connectivity index (χ2n) is 9.41. The van der Waals surface area contributed by atoms with E-state index in [0.29, 0.717) is 19.4 Å². The van der Waals surface area contributed by atoms with E-state index in [1.807, 2.05) is 24.1 Å². The van der Waals surface area contributed by atoms with Gasteiger partial charge in [-0.3, -0.25) is 9.69 Å². The summed E-state index contributed by atoms with van der Waals surface area (Å²) >= 11 is 0. The normalized spacial score (nSPS) is 19.9. The molecule has 3 rings (SSSR count). The lowest BCUT2D eigenvalue weighted by atomic mass is 9.86. The van der Waals surface area contributed by atoms with Crippen LogP contribution in [0, 0.1) is 0 Å². The quantitative estimate of drug-likeness (QED) is 0.648. The van der Waals surface area contributed by atoms with Crippen molar-refractivity contribution in [2.75, 3.05) is 20.2 Å². The zero-order valence-electron chi connectivity index (χ0n) is 19.4. The maximum Gasteiger partial charge on any atom is 0.573 e. The van der Waals surface area contributed by atoms with Gasteiger partial charge in [-0.15, -0.1) is 13.2 Å². The molecular formula is C25H31F3N2O3. The Morgan fingerprint density at radius 2 is 1.61 bits per heavy atom. The van der Waals surface area contributed by atoms with Gasteiger partial charge in [0, 0.05) is 13.2 Å². The van der Waals surface area contributed by atoms with Crippen LogP contribution in [0.2, 0.25) is 0 Å². The van der Waals surface area contributed by atoms with Crippen molar-refractivity contribution in [3.05, 3.63) is 65.2 Å². The molecule has 180 valence electrons. The zero-order chi connectivity index (χ0) is 24.4. The van der Waals surface area contributed by atoms with Crippen molar-refractivity contribution in [2.24, 2.45) is 0 Å². The highest BCUT2D eigenvalue weighted by Gasteiger charge is 2.44. The molecular weight excluding hydrogens is 433 g/mol. The molecule has 1 fully saturated rings. The van der Waals surface area contributed by atoms with Crippen LogP contribution in [0.15, 0.2) is 48.5 Å². The Labute approximate surface area is 192 Å². The fraction of sp³-hybridized carbons (Fsp3) is 0.480. The molecule has 0 saturated carbocycles. The number of alkyl halides is 3. The summed E-state index contributed by atoms with van der Waals surface area (Å²) in [6, 6.07) is 13.5. The molecule has 1 amide bonds. The van der Waals surface area contributed by atoms with Gasteiger partial charge in [0.1, 0.15) is 11.9 Å². The maximum atomic E-state index is 13.2. The molecule has 1 aliphatic rings. The van der Waals surface area contributed by atoms with Crippen molar-refractivity contribution in [1.29, 1.82) is 0 Å². The van der Waals surface area contributed by atoms with Crippen LogP contribution >= 0.6 is 0 Å². The average molecular weight is 465 g/mol. The molecule has 2 aromatic carbocycles. The van der Waals surface area contributed by atoms with E-state index >= 15 is 0 Å². The highest BCUT2D eigenvalue weighted by atomic mass is 19.4. The summed E-state index contributed by atoms with van der Waals surface area (Å²) < 4.78 is 41.1. The summed E-state index contributed by atoms with van der Waals surface area (Å²) in [4.78, 5) is 16.9. The van der Waals surface area contributed by atoms with Gasteiger partial charge in [-0.1, -0.05) is 57.2 Å². The van der Waals surface area contributed by atoms with E-state index in [-0.39, 0.29) is 29.8 Å². The number of ether oxygens (including phenoxy) is 1. The topological polar surface area (TPSA) is 53.0 Å². The van der Waals surface area contributed by atoms with Crippen LogP contribution in [0.1, 0.15) is 50.0 Å². The first-order valence-electron chi connectivity index (χ1n) is 11.0. The Hall–Kier alpha value is -2.58. The highest BCUT2D eigenvalue weighted by Crippen LogP contribution is 2.35. The van der Waals surface area contributed by atoms with Gasteiger partial charge >= 0.3 is 6.36 Å². The number of carbonyl (C=O) groups excluding carboxylic acids is 1. The molecule has 8 heteroatoms. The van der Waals surface area contributed by atoms with Crippen molar-refractivity contribution in [3.8, 4) is 5.75 Å². The Kier molecular flexibility index (Phi) is 7.39. The molecule has 2 aromatic rings. The van der Waals surface area contributed by atoms with E-state index in [9.17, 15) is 23.1 Å². The number of hydrogen-bond donors (Lipinski definition) is 1. The average Bonchev–Trinajstić information content (AvgIpc) is 2.96. The van der Waals surface area contributed by atoms with Gasteiger partial charge in [0.2, 0.25) is 5.91 Å². The number of rotatable bonds is 7. The number of benzene rings is 2. The number of likely N-dealkylation sites (N-methyl/N-ethyl adjacent to an activating group) is 1. The van der Waals surface area contributed by atoms with Gasteiger partial charge in [0.15, 0.2) is 0 Å². The number of amides is 1. The predicted molar refractivity (Wildman–Crippen MR) is 120 cm³/mol. The minimum atomic E-state index is -4.73. The van der Waals surface area contributed by atoms with Crippen molar-refractivity contribution < 1.29 is 27.8 Å². The van der Waals surface area contributed by atoms with Crippen molar-refractivity contribution >= 4 is 5.91 Å². The van der Waals surface area contributed by atoms with Gasteiger partial charge < -0.3 is 14.7 Å². The monoisotopic (exact) mass is 464 g/mol. The smallest absolute Gasteiger partial charge is 0.406 e. The molecule has 5 nitrogen and oxygen atoms in total. The van der Waals surface area contributed by atoms with Crippen LogP contribution in [0.3, 0.4) is 0 Å². The first-order chi connectivity index (χ1) is 15.4. The first-order valence-corrected chi connectivity index (χ1v) is 11.0. The summed E-state index contributed by atoms with van der Waals surface area (Å²) in [5, 5.41) is 9.46. The summed E-state index contributed by atoms with van der Waals surface area (Å²) in [7, 11) is 1.88. The number of aliphatic hydroxyl groups is 1. The van der Waals surface area contributed by atoms with Gasteiger partial charge in [-0.2, -0.15) is 0 Å². The number of halogens is 3. The van der Waals surface area contributed by atoms with Gasteiger partial charge in [-0.05, 0) is 54.1 Å². The third kappa shape index (κ3) is 6.06. The molecule has 1 aliphatic heterocycles. The van der Waals surface area contributed by atoms with E-state index in [0.717, 1.165) is 11.1 Å². The molecule has 2 atom stereocenters. The van der Waals surface area contributed by atoms with Crippen molar-refractivity contribution in [3.63, 3.8) is 0 Å². The van der Waals surface area contributed by atoms with E-state index in [1.165, 1.54) is 17.7 Å². The van der Waals surface area contributed by atoms with Crippen molar-refractivity contribution in [1.82, 2.24) is 9.80 Å². The Morgan fingerprint density at radius 3 is 2.12 bits per heavy atom. The summed E-state index contributed by atoms with van der Waals surface area (Å²) in [5.41, 5.74) is 2.98. The second kappa shape index (κ2) is 9.73. The fourth-order valence-corrected chi connectivity index (χ4v) is 4.24. The summed E-state index contributed by atoms with van der Waals surface area (Å²) in [6.07, 6.45) is -4.19. The zero-order valence-corrected chi connectivity index (χ0v) is 19.4. The number of nitrogens with zero attached hydrogens (tertiary/aromatic N) is 2. The number of aliphatic hydroxyl groups excluding tert-OH is 1. The molecule has 1 saturated heterocycles. The SMILES string of the molecule is CN1C(c2ccc(C(C)(C)C)cc2)N(CCc2ccc(OC(F)(F)F)cc2)C(=O)[C@@H]1CCO. The van der Waals surface area contributed by atoms with Crippen LogP contribution in [0.5, 0.6) is 5.75 Å². The number of hydrogen-bond acceptors (Lipinski definition) is 4. The van der Waals surface area contributed by atoms with Crippen LogP contribution in [-0.4, -0.2) is 53.4 Å². The third-order valence-electron chi connectivity index (χ3n) is 6.02. The van der Waals surface area contributed by atoms with Crippen LogP contribution in [0.4, 0.5) is 13.2 Å². The molecule has 1 heterocycles. The van der Waals surface area contributed by atoms with Crippen LogP contribution in [-0.2, 0) is 16.6 Å². The molecule has 0 bridgehead atoms. The summed E-state index contributed by atoms with van der Waals surface area (Å²) in [6.45, 7) is 6.73. The van der Waals surface area contributed by atoms with Crippen LogP contribution in [0.25, 0.3) is 0 Å².